The first-order valence-corrected chi connectivity index (χ1v) is 5.95. The van der Waals surface area contributed by atoms with Gasteiger partial charge in [-0.3, -0.25) is 9.59 Å². The monoisotopic (exact) mass is 229 g/mol. The first-order valence-electron chi connectivity index (χ1n) is 5.95. The number of carboxylic acids is 1. The number of unbranched alkanes of at least 4 members (excludes halogenated alkanes) is 1. The van der Waals surface area contributed by atoms with Crippen LogP contribution in [-0.2, 0) is 9.59 Å². The molecule has 0 aliphatic carbocycles. The van der Waals surface area contributed by atoms with Crippen molar-refractivity contribution in [2.45, 2.75) is 46.0 Å². The van der Waals surface area contributed by atoms with E-state index in [1.807, 2.05) is 6.92 Å². The SMILES string of the molecule is CCCCC(C)C(=O)N(C)CCCC(=O)O. The summed E-state index contributed by atoms with van der Waals surface area (Å²) in [5.41, 5.74) is 0. The summed E-state index contributed by atoms with van der Waals surface area (Å²) in [6, 6.07) is 0. The van der Waals surface area contributed by atoms with Gasteiger partial charge in [-0.05, 0) is 12.8 Å². The Balaban J connectivity index is 3.83. The van der Waals surface area contributed by atoms with Crippen molar-refractivity contribution in [2.75, 3.05) is 13.6 Å². The van der Waals surface area contributed by atoms with E-state index in [2.05, 4.69) is 6.92 Å². The predicted molar refractivity (Wildman–Crippen MR) is 63.2 cm³/mol. The number of carbonyl (C=O) groups is 2. The molecule has 1 unspecified atom stereocenters. The van der Waals surface area contributed by atoms with Crippen LogP contribution in [0.5, 0.6) is 0 Å². The Morgan fingerprint density at radius 3 is 2.44 bits per heavy atom. The quantitative estimate of drug-likeness (QED) is 0.693. The number of carbonyl (C=O) groups excluding carboxylic acids is 1. The lowest BCUT2D eigenvalue weighted by atomic mass is 10.0. The van der Waals surface area contributed by atoms with E-state index in [4.69, 9.17) is 5.11 Å². The highest BCUT2D eigenvalue weighted by atomic mass is 16.4. The Kier molecular flexibility index (Phi) is 7.60. The lowest BCUT2D eigenvalue weighted by Crippen LogP contribution is -2.32. The van der Waals surface area contributed by atoms with Crippen LogP contribution in [0, 0.1) is 5.92 Å². The summed E-state index contributed by atoms with van der Waals surface area (Å²) in [5.74, 6) is -0.631. The van der Waals surface area contributed by atoms with Crippen LogP contribution in [0.3, 0.4) is 0 Å². The van der Waals surface area contributed by atoms with E-state index in [1.54, 1.807) is 11.9 Å². The molecule has 0 aromatic rings. The average molecular weight is 229 g/mol. The van der Waals surface area contributed by atoms with Gasteiger partial charge in [-0.15, -0.1) is 0 Å². The van der Waals surface area contributed by atoms with Crippen LogP contribution in [0.2, 0.25) is 0 Å². The smallest absolute Gasteiger partial charge is 0.303 e. The Morgan fingerprint density at radius 2 is 1.94 bits per heavy atom. The largest absolute Gasteiger partial charge is 0.481 e. The van der Waals surface area contributed by atoms with Crippen molar-refractivity contribution in [3.63, 3.8) is 0 Å². The molecule has 0 spiro atoms. The van der Waals surface area contributed by atoms with Crippen LogP contribution >= 0.6 is 0 Å². The first-order chi connectivity index (χ1) is 7.49. The Labute approximate surface area is 97.6 Å². The summed E-state index contributed by atoms with van der Waals surface area (Å²) in [4.78, 5) is 23.8. The second kappa shape index (κ2) is 8.13. The molecule has 4 heteroatoms. The van der Waals surface area contributed by atoms with E-state index in [1.165, 1.54) is 0 Å². The Morgan fingerprint density at radius 1 is 1.31 bits per heavy atom. The van der Waals surface area contributed by atoms with Crippen molar-refractivity contribution < 1.29 is 14.7 Å². The molecule has 0 fully saturated rings. The van der Waals surface area contributed by atoms with Gasteiger partial charge in [-0.1, -0.05) is 26.7 Å². The predicted octanol–water partition coefficient (Wildman–Crippen LogP) is 2.14. The van der Waals surface area contributed by atoms with Crippen molar-refractivity contribution in [3.8, 4) is 0 Å². The number of rotatable bonds is 8. The van der Waals surface area contributed by atoms with E-state index in [0.717, 1.165) is 19.3 Å². The van der Waals surface area contributed by atoms with Gasteiger partial charge in [0.25, 0.3) is 0 Å². The fraction of sp³-hybridized carbons (Fsp3) is 0.833. The van der Waals surface area contributed by atoms with E-state index in [0.29, 0.717) is 13.0 Å². The second-order valence-electron chi connectivity index (χ2n) is 4.30. The van der Waals surface area contributed by atoms with Crippen molar-refractivity contribution in [1.82, 2.24) is 4.90 Å². The number of amides is 1. The van der Waals surface area contributed by atoms with Gasteiger partial charge in [0.1, 0.15) is 0 Å². The van der Waals surface area contributed by atoms with E-state index in [9.17, 15) is 9.59 Å². The van der Waals surface area contributed by atoms with Crippen LogP contribution in [0.1, 0.15) is 46.0 Å². The van der Waals surface area contributed by atoms with Crippen molar-refractivity contribution in [2.24, 2.45) is 5.92 Å². The zero-order valence-electron chi connectivity index (χ0n) is 10.5. The highest BCUT2D eigenvalue weighted by Crippen LogP contribution is 2.10. The molecule has 1 N–H and O–H groups in total. The normalized spacial score (nSPS) is 12.2. The van der Waals surface area contributed by atoms with E-state index >= 15 is 0 Å². The summed E-state index contributed by atoms with van der Waals surface area (Å²) >= 11 is 0. The van der Waals surface area contributed by atoms with Crippen molar-refractivity contribution >= 4 is 11.9 Å². The zero-order chi connectivity index (χ0) is 12.6. The fourth-order valence-corrected chi connectivity index (χ4v) is 1.59. The highest BCUT2D eigenvalue weighted by Gasteiger charge is 2.16. The lowest BCUT2D eigenvalue weighted by Gasteiger charge is -2.21. The summed E-state index contributed by atoms with van der Waals surface area (Å²) in [5, 5.41) is 8.49. The van der Waals surface area contributed by atoms with Crippen LogP contribution in [0.25, 0.3) is 0 Å². The lowest BCUT2D eigenvalue weighted by molar-refractivity contribution is -0.138. The molecule has 0 bridgehead atoms. The maximum Gasteiger partial charge on any atom is 0.303 e. The van der Waals surface area contributed by atoms with E-state index in [-0.39, 0.29) is 18.2 Å². The number of carboxylic acid groups (broad SMARTS) is 1. The molecule has 0 saturated carbocycles. The topological polar surface area (TPSA) is 57.6 Å². The molecule has 0 aromatic carbocycles. The van der Waals surface area contributed by atoms with Gasteiger partial charge < -0.3 is 10.0 Å². The molecule has 0 saturated heterocycles. The van der Waals surface area contributed by atoms with E-state index < -0.39 is 5.97 Å². The molecule has 1 amide bonds. The maximum atomic E-state index is 11.8. The molecule has 16 heavy (non-hydrogen) atoms. The van der Waals surface area contributed by atoms with Crippen molar-refractivity contribution in [3.05, 3.63) is 0 Å². The van der Waals surface area contributed by atoms with Gasteiger partial charge in [0, 0.05) is 25.9 Å². The van der Waals surface area contributed by atoms with Crippen LogP contribution in [0.4, 0.5) is 0 Å². The molecular weight excluding hydrogens is 206 g/mol. The zero-order valence-corrected chi connectivity index (χ0v) is 10.5. The minimum Gasteiger partial charge on any atom is -0.481 e. The molecule has 0 aromatic heterocycles. The third kappa shape index (κ3) is 6.43. The van der Waals surface area contributed by atoms with Gasteiger partial charge in [0.2, 0.25) is 5.91 Å². The first kappa shape index (κ1) is 14.9. The van der Waals surface area contributed by atoms with Gasteiger partial charge in [-0.2, -0.15) is 0 Å². The second-order valence-corrected chi connectivity index (χ2v) is 4.30. The molecule has 0 radical (unpaired) electrons. The standard InChI is InChI=1S/C12H23NO3/c1-4-5-7-10(2)12(16)13(3)9-6-8-11(14)15/h10H,4-9H2,1-3H3,(H,14,15). The van der Waals surface area contributed by atoms with Crippen LogP contribution in [-0.4, -0.2) is 35.5 Å². The summed E-state index contributed by atoms with van der Waals surface area (Å²) in [7, 11) is 1.74. The molecule has 0 aliphatic rings. The number of aliphatic carboxylic acids is 1. The fourth-order valence-electron chi connectivity index (χ4n) is 1.59. The number of hydrogen-bond acceptors (Lipinski definition) is 2. The summed E-state index contributed by atoms with van der Waals surface area (Å²) < 4.78 is 0. The average Bonchev–Trinajstić information content (AvgIpc) is 2.24. The van der Waals surface area contributed by atoms with Crippen LogP contribution in [0.15, 0.2) is 0 Å². The molecule has 0 rings (SSSR count). The van der Waals surface area contributed by atoms with Gasteiger partial charge in [0.15, 0.2) is 0 Å². The van der Waals surface area contributed by atoms with Crippen molar-refractivity contribution in [1.29, 1.82) is 0 Å². The Bertz CT molecular complexity index is 228. The summed E-state index contributed by atoms with van der Waals surface area (Å²) in [6.07, 6.45) is 3.73. The number of nitrogens with zero attached hydrogens (tertiary/aromatic N) is 1. The minimum absolute atomic E-state index is 0.0507. The van der Waals surface area contributed by atoms with Gasteiger partial charge in [-0.25, -0.2) is 0 Å². The number of hydrogen-bond donors (Lipinski definition) is 1. The van der Waals surface area contributed by atoms with Crippen LogP contribution < -0.4 is 0 Å². The third-order valence-corrected chi connectivity index (χ3v) is 2.67. The van der Waals surface area contributed by atoms with Gasteiger partial charge in [0.05, 0.1) is 0 Å². The highest BCUT2D eigenvalue weighted by molar-refractivity contribution is 5.78. The molecule has 94 valence electrons. The summed E-state index contributed by atoms with van der Waals surface area (Å²) in [6.45, 7) is 4.57. The molecule has 0 heterocycles. The molecule has 4 nitrogen and oxygen atoms in total. The van der Waals surface area contributed by atoms with Gasteiger partial charge >= 0.3 is 5.97 Å². The minimum atomic E-state index is -0.806. The maximum absolute atomic E-state index is 11.8. The molecule has 1 atom stereocenters. The third-order valence-electron chi connectivity index (χ3n) is 2.67. The Hall–Kier alpha value is -1.06. The molecular formula is C12H23NO3. The molecule has 0 aliphatic heterocycles.